The predicted octanol–water partition coefficient (Wildman–Crippen LogP) is 3.51. The normalized spacial score (nSPS) is 10.4. The Kier molecular flexibility index (Phi) is 4.77. The second-order valence-electron chi connectivity index (χ2n) is 4.98. The van der Waals surface area contributed by atoms with Crippen LogP contribution in [-0.4, -0.2) is 18.8 Å². The minimum absolute atomic E-state index is 0.155. The van der Waals surface area contributed by atoms with Crippen LogP contribution >= 0.6 is 11.3 Å². The molecule has 0 unspecified atom stereocenters. The van der Waals surface area contributed by atoms with Crippen molar-refractivity contribution in [2.45, 2.75) is 6.54 Å². The third-order valence-electron chi connectivity index (χ3n) is 3.41. The van der Waals surface area contributed by atoms with Crippen LogP contribution in [0.3, 0.4) is 0 Å². The molecule has 2 aromatic heterocycles. The maximum Gasteiger partial charge on any atom is 0.251 e. The van der Waals surface area contributed by atoms with Gasteiger partial charge < -0.3 is 14.5 Å². The van der Waals surface area contributed by atoms with Crippen molar-refractivity contribution in [3.63, 3.8) is 0 Å². The summed E-state index contributed by atoms with van der Waals surface area (Å²) in [4.78, 5) is 25.8. The third-order valence-corrected chi connectivity index (χ3v) is 4.49. The Bertz CT molecular complexity index is 834. The van der Waals surface area contributed by atoms with E-state index in [2.05, 4.69) is 5.32 Å². The fourth-order valence-corrected chi connectivity index (χ4v) is 3.03. The summed E-state index contributed by atoms with van der Waals surface area (Å²) in [5.41, 5.74) is 0.555. The molecule has 0 saturated carbocycles. The lowest BCUT2D eigenvalue weighted by atomic mass is 10.2. The Morgan fingerprint density at radius 2 is 1.92 bits per heavy atom. The van der Waals surface area contributed by atoms with Gasteiger partial charge >= 0.3 is 0 Å². The van der Waals surface area contributed by atoms with Gasteiger partial charge in [0.15, 0.2) is 5.76 Å². The Labute approximate surface area is 142 Å². The summed E-state index contributed by atoms with van der Waals surface area (Å²) in [6, 6.07) is 13.8. The average molecular weight is 341 g/mol. The lowest BCUT2D eigenvalue weighted by Gasteiger charge is -2.04. The van der Waals surface area contributed by atoms with Crippen LogP contribution in [0.2, 0.25) is 0 Å². The molecule has 0 aliphatic carbocycles. The maximum atomic E-state index is 12.2. The molecule has 5 nitrogen and oxygen atoms in total. The van der Waals surface area contributed by atoms with Crippen LogP contribution in [0.25, 0.3) is 0 Å². The molecule has 0 fully saturated rings. The van der Waals surface area contributed by atoms with Gasteiger partial charge in [0, 0.05) is 10.4 Å². The van der Waals surface area contributed by atoms with Crippen molar-refractivity contribution in [2.75, 3.05) is 7.11 Å². The lowest BCUT2D eigenvalue weighted by molar-refractivity contribution is 0.0950. The molecule has 2 heterocycles. The zero-order valence-electron chi connectivity index (χ0n) is 12.9. The molecule has 0 radical (unpaired) electrons. The van der Waals surface area contributed by atoms with Crippen molar-refractivity contribution in [1.82, 2.24) is 5.32 Å². The summed E-state index contributed by atoms with van der Waals surface area (Å²) in [5.74, 6) is 0.680. The molecule has 1 amide bonds. The minimum atomic E-state index is -0.176. The number of ether oxygens (including phenoxy) is 1. The molecular formula is C18H15NO4S. The molecule has 24 heavy (non-hydrogen) atoms. The molecule has 0 bridgehead atoms. The molecule has 0 aliphatic heterocycles. The molecule has 0 atom stereocenters. The summed E-state index contributed by atoms with van der Waals surface area (Å²) in [7, 11) is 1.58. The highest BCUT2D eigenvalue weighted by atomic mass is 32.1. The molecule has 122 valence electrons. The van der Waals surface area contributed by atoms with Crippen molar-refractivity contribution >= 4 is 23.0 Å². The van der Waals surface area contributed by atoms with Gasteiger partial charge in [-0.25, -0.2) is 0 Å². The molecule has 1 aromatic carbocycles. The number of carbonyl (C=O) groups excluding carboxylic acids is 2. The Morgan fingerprint density at radius 3 is 2.58 bits per heavy atom. The van der Waals surface area contributed by atoms with Gasteiger partial charge in [-0.3, -0.25) is 9.59 Å². The van der Waals surface area contributed by atoms with Gasteiger partial charge in [0.2, 0.25) is 5.78 Å². The lowest BCUT2D eigenvalue weighted by Crippen LogP contribution is -2.22. The van der Waals surface area contributed by atoms with E-state index in [1.165, 1.54) is 17.6 Å². The Hall–Kier alpha value is -2.86. The van der Waals surface area contributed by atoms with E-state index >= 15 is 0 Å². The highest BCUT2D eigenvalue weighted by Gasteiger charge is 2.14. The number of benzene rings is 1. The SMILES string of the molecule is COc1ccc(C(=O)NCc2ccc(C(=O)c3ccco3)s2)cc1. The first kappa shape index (κ1) is 16.0. The van der Waals surface area contributed by atoms with Gasteiger partial charge in [0.1, 0.15) is 5.75 Å². The van der Waals surface area contributed by atoms with Crippen molar-refractivity contribution in [2.24, 2.45) is 0 Å². The van der Waals surface area contributed by atoms with Crippen molar-refractivity contribution in [3.8, 4) is 5.75 Å². The number of thiophene rings is 1. The number of hydrogen-bond acceptors (Lipinski definition) is 5. The highest BCUT2D eigenvalue weighted by Crippen LogP contribution is 2.20. The number of ketones is 1. The van der Waals surface area contributed by atoms with Crippen LogP contribution in [0.15, 0.2) is 59.2 Å². The zero-order chi connectivity index (χ0) is 16.9. The zero-order valence-corrected chi connectivity index (χ0v) is 13.8. The standard InChI is InChI=1S/C18H15NO4S/c1-22-13-6-4-12(5-7-13)18(21)19-11-14-8-9-16(24-14)17(20)15-3-2-10-23-15/h2-10H,11H2,1H3,(H,19,21). The average Bonchev–Trinajstić information content (AvgIpc) is 3.31. The second kappa shape index (κ2) is 7.14. The number of methoxy groups -OCH3 is 1. The number of furan rings is 1. The fraction of sp³-hybridized carbons (Fsp3) is 0.111. The van der Waals surface area contributed by atoms with Gasteiger partial charge in [-0.05, 0) is 48.5 Å². The highest BCUT2D eigenvalue weighted by molar-refractivity contribution is 7.14. The quantitative estimate of drug-likeness (QED) is 0.697. The molecule has 6 heteroatoms. The molecule has 0 aliphatic rings. The van der Waals surface area contributed by atoms with Crippen LogP contribution in [-0.2, 0) is 6.54 Å². The molecule has 3 aromatic rings. The van der Waals surface area contributed by atoms with E-state index in [1.807, 2.05) is 6.07 Å². The Balaban J connectivity index is 1.60. The van der Waals surface area contributed by atoms with E-state index in [0.29, 0.717) is 28.5 Å². The van der Waals surface area contributed by atoms with E-state index in [-0.39, 0.29) is 11.7 Å². The largest absolute Gasteiger partial charge is 0.497 e. The van der Waals surface area contributed by atoms with Gasteiger partial charge in [0.05, 0.1) is 24.8 Å². The van der Waals surface area contributed by atoms with Crippen LogP contribution in [0, 0.1) is 0 Å². The second-order valence-corrected chi connectivity index (χ2v) is 6.15. The number of rotatable bonds is 6. The first-order valence-corrected chi connectivity index (χ1v) is 8.08. The summed E-state index contributed by atoms with van der Waals surface area (Å²) in [6.45, 7) is 0.362. The number of carbonyl (C=O) groups is 2. The van der Waals surface area contributed by atoms with Crippen LogP contribution in [0.5, 0.6) is 5.75 Å². The van der Waals surface area contributed by atoms with Gasteiger partial charge in [0.25, 0.3) is 5.91 Å². The van der Waals surface area contributed by atoms with Crippen molar-refractivity contribution in [1.29, 1.82) is 0 Å². The number of hydrogen-bond donors (Lipinski definition) is 1. The van der Waals surface area contributed by atoms with Gasteiger partial charge in [-0.1, -0.05) is 0 Å². The molecular weight excluding hydrogens is 326 g/mol. The predicted molar refractivity (Wildman–Crippen MR) is 90.6 cm³/mol. The third kappa shape index (κ3) is 3.55. The molecule has 1 N–H and O–H groups in total. The van der Waals surface area contributed by atoms with Crippen LogP contribution < -0.4 is 10.1 Å². The van der Waals surface area contributed by atoms with Gasteiger partial charge in [-0.2, -0.15) is 0 Å². The van der Waals surface area contributed by atoms with Gasteiger partial charge in [-0.15, -0.1) is 11.3 Å². The van der Waals surface area contributed by atoms with Crippen molar-refractivity contribution in [3.05, 3.63) is 75.9 Å². The summed E-state index contributed by atoms with van der Waals surface area (Å²) in [6.07, 6.45) is 1.47. The van der Waals surface area contributed by atoms with E-state index in [1.54, 1.807) is 49.6 Å². The van der Waals surface area contributed by atoms with E-state index in [4.69, 9.17) is 9.15 Å². The fourth-order valence-electron chi connectivity index (χ4n) is 2.14. The molecule has 3 rings (SSSR count). The van der Waals surface area contributed by atoms with E-state index in [9.17, 15) is 9.59 Å². The molecule has 0 saturated heterocycles. The summed E-state index contributed by atoms with van der Waals surface area (Å²) >= 11 is 1.34. The maximum absolute atomic E-state index is 12.2. The van der Waals surface area contributed by atoms with E-state index < -0.39 is 0 Å². The first-order chi connectivity index (χ1) is 11.7. The topological polar surface area (TPSA) is 68.5 Å². The first-order valence-electron chi connectivity index (χ1n) is 7.26. The van der Waals surface area contributed by atoms with Crippen LogP contribution in [0.1, 0.15) is 30.7 Å². The minimum Gasteiger partial charge on any atom is -0.497 e. The molecule has 0 spiro atoms. The van der Waals surface area contributed by atoms with E-state index in [0.717, 1.165) is 4.88 Å². The van der Waals surface area contributed by atoms with Crippen LogP contribution in [0.4, 0.5) is 0 Å². The van der Waals surface area contributed by atoms with Crippen molar-refractivity contribution < 1.29 is 18.7 Å². The smallest absolute Gasteiger partial charge is 0.251 e. The monoisotopic (exact) mass is 341 g/mol. The summed E-state index contributed by atoms with van der Waals surface area (Å²) in [5, 5.41) is 2.84. The number of amides is 1. The number of nitrogens with one attached hydrogen (secondary N) is 1. The summed E-state index contributed by atoms with van der Waals surface area (Å²) < 4.78 is 10.2. The Morgan fingerprint density at radius 1 is 1.12 bits per heavy atom.